The Balaban J connectivity index is 1.85. The van der Waals surface area contributed by atoms with Crippen LogP contribution < -0.4 is 21.1 Å². The molecule has 0 aliphatic heterocycles. The second-order valence-corrected chi connectivity index (χ2v) is 6.41. The quantitative estimate of drug-likeness (QED) is 0.426. The lowest BCUT2D eigenvalue weighted by atomic mass is 9.99. The number of guanidine groups is 1. The summed E-state index contributed by atoms with van der Waals surface area (Å²) in [6.45, 7) is 5.20. The lowest BCUT2D eigenvalue weighted by molar-refractivity contribution is -0.119. The number of benzene rings is 1. The maximum Gasteiger partial charge on any atom is 0.255 e. The van der Waals surface area contributed by atoms with Gasteiger partial charge >= 0.3 is 0 Å². The maximum absolute atomic E-state index is 10.8. The third-order valence-electron chi connectivity index (χ3n) is 4.37. The predicted octanol–water partition coefficient (Wildman–Crippen LogP) is 2.31. The summed E-state index contributed by atoms with van der Waals surface area (Å²) in [5, 5.41) is 10.6. The Morgan fingerprint density at radius 3 is 2.68 bits per heavy atom. The first-order valence-corrected chi connectivity index (χ1v) is 9.45. The molecule has 1 amide bonds. The van der Waals surface area contributed by atoms with Crippen LogP contribution >= 0.6 is 0 Å². The van der Waals surface area contributed by atoms with Gasteiger partial charge in [0, 0.05) is 25.6 Å². The number of hydrogen-bond acceptors (Lipinski definition) is 5. The van der Waals surface area contributed by atoms with E-state index in [0.29, 0.717) is 30.7 Å². The van der Waals surface area contributed by atoms with Crippen molar-refractivity contribution < 1.29 is 14.1 Å². The summed E-state index contributed by atoms with van der Waals surface area (Å²) >= 11 is 0. The van der Waals surface area contributed by atoms with Crippen LogP contribution in [0.4, 0.5) is 0 Å². The van der Waals surface area contributed by atoms with Crippen LogP contribution in [0.2, 0.25) is 0 Å². The van der Waals surface area contributed by atoms with Gasteiger partial charge in [0.05, 0.1) is 12.2 Å². The fraction of sp³-hybridized carbons (Fsp3) is 0.450. The average Bonchev–Trinajstić information content (AvgIpc) is 3.16. The highest BCUT2D eigenvalue weighted by Gasteiger charge is 2.13. The molecule has 0 saturated carbocycles. The molecular weight excluding hydrogens is 358 g/mol. The largest absolute Gasteiger partial charge is 0.484 e. The fourth-order valence-corrected chi connectivity index (χ4v) is 2.79. The van der Waals surface area contributed by atoms with Crippen LogP contribution in [-0.4, -0.2) is 30.7 Å². The number of nitrogens with one attached hydrogen (secondary N) is 2. The first-order chi connectivity index (χ1) is 13.5. The van der Waals surface area contributed by atoms with E-state index in [4.69, 9.17) is 15.0 Å². The Hall–Kier alpha value is -3.03. The normalized spacial score (nSPS) is 11.5. The molecule has 1 heterocycles. The van der Waals surface area contributed by atoms with E-state index in [0.717, 1.165) is 29.9 Å². The predicted molar refractivity (Wildman–Crippen MR) is 108 cm³/mol. The molecule has 1 aromatic carbocycles. The summed E-state index contributed by atoms with van der Waals surface area (Å²) in [5.41, 5.74) is 7.08. The minimum atomic E-state index is -0.507. The van der Waals surface area contributed by atoms with Crippen LogP contribution in [0.1, 0.15) is 49.6 Å². The van der Waals surface area contributed by atoms with Crippen molar-refractivity contribution in [3.05, 3.63) is 47.3 Å². The highest BCUT2D eigenvalue weighted by molar-refractivity contribution is 5.79. The molecule has 2 aromatic rings. The molecule has 0 radical (unpaired) electrons. The van der Waals surface area contributed by atoms with Crippen molar-refractivity contribution in [2.75, 3.05) is 13.7 Å². The number of carbonyl (C=O) groups is 1. The lowest BCUT2D eigenvalue weighted by Crippen LogP contribution is -2.36. The van der Waals surface area contributed by atoms with Crippen molar-refractivity contribution in [1.29, 1.82) is 0 Å². The minimum absolute atomic E-state index is 0.143. The molecule has 28 heavy (non-hydrogen) atoms. The zero-order valence-electron chi connectivity index (χ0n) is 16.7. The van der Waals surface area contributed by atoms with Gasteiger partial charge in [-0.1, -0.05) is 31.1 Å². The fourth-order valence-electron chi connectivity index (χ4n) is 2.79. The summed E-state index contributed by atoms with van der Waals surface area (Å²) in [6.07, 6.45) is 2.09. The Kier molecular flexibility index (Phi) is 8.33. The Bertz CT molecular complexity index is 784. The number of aliphatic imine (C=N–C) groups is 1. The third kappa shape index (κ3) is 6.61. The van der Waals surface area contributed by atoms with E-state index >= 15 is 0 Å². The number of hydrogen-bond donors (Lipinski definition) is 3. The second kappa shape index (κ2) is 11.0. The molecule has 0 spiro atoms. The summed E-state index contributed by atoms with van der Waals surface area (Å²) < 4.78 is 10.7. The van der Waals surface area contributed by atoms with Gasteiger partial charge in [0.25, 0.3) is 5.91 Å². The van der Waals surface area contributed by atoms with Crippen molar-refractivity contribution in [1.82, 2.24) is 15.8 Å². The van der Waals surface area contributed by atoms with E-state index in [2.05, 4.69) is 34.6 Å². The van der Waals surface area contributed by atoms with Gasteiger partial charge in [-0.05, 0) is 30.5 Å². The van der Waals surface area contributed by atoms with Crippen LogP contribution in [0, 0.1) is 0 Å². The van der Waals surface area contributed by atoms with Crippen molar-refractivity contribution >= 4 is 11.9 Å². The van der Waals surface area contributed by atoms with Gasteiger partial charge in [0.1, 0.15) is 5.75 Å². The summed E-state index contributed by atoms with van der Waals surface area (Å²) in [7, 11) is 1.71. The Morgan fingerprint density at radius 2 is 2.00 bits per heavy atom. The Morgan fingerprint density at radius 1 is 1.25 bits per heavy atom. The number of ether oxygens (including phenoxy) is 1. The summed E-state index contributed by atoms with van der Waals surface area (Å²) in [6, 6.07) is 9.44. The van der Waals surface area contributed by atoms with Crippen molar-refractivity contribution in [3.8, 4) is 5.75 Å². The molecule has 8 nitrogen and oxygen atoms in total. The highest BCUT2D eigenvalue weighted by Crippen LogP contribution is 2.22. The molecule has 0 fully saturated rings. The molecule has 1 aromatic heterocycles. The van der Waals surface area contributed by atoms with Crippen LogP contribution in [0.5, 0.6) is 5.75 Å². The number of amides is 1. The van der Waals surface area contributed by atoms with E-state index in [1.807, 2.05) is 24.3 Å². The van der Waals surface area contributed by atoms with E-state index < -0.39 is 5.91 Å². The third-order valence-corrected chi connectivity index (χ3v) is 4.37. The van der Waals surface area contributed by atoms with E-state index in [1.165, 1.54) is 0 Å². The monoisotopic (exact) mass is 387 g/mol. The highest BCUT2D eigenvalue weighted by atomic mass is 16.5. The lowest BCUT2D eigenvalue weighted by Gasteiger charge is -2.11. The van der Waals surface area contributed by atoms with Crippen LogP contribution in [0.25, 0.3) is 0 Å². The molecule has 0 bridgehead atoms. The van der Waals surface area contributed by atoms with Gasteiger partial charge in [-0.15, -0.1) is 0 Å². The van der Waals surface area contributed by atoms with Crippen molar-refractivity contribution in [2.24, 2.45) is 10.7 Å². The number of carbonyl (C=O) groups excluding carboxylic acids is 1. The van der Waals surface area contributed by atoms with E-state index in [1.54, 1.807) is 13.1 Å². The van der Waals surface area contributed by atoms with Crippen LogP contribution in [-0.2, 0) is 17.9 Å². The summed E-state index contributed by atoms with van der Waals surface area (Å²) in [5.74, 6) is 1.93. The zero-order chi connectivity index (χ0) is 20.4. The number of nitrogens with two attached hydrogens (primary N) is 1. The molecular formula is C20H29N5O3. The number of aromatic nitrogens is 1. The molecule has 152 valence electrons. The Labute approximate surface area is 165 Å². The minimum Gasteiger partial charge on any atom is -0.484 e. The average molecular weight is 387 g/mol. The van der Waals surface area contributed by atoms with Crippen molar-refractivity contribution in [2.45, 2.75) is 45.7 Å². The van der Waals surface area contributed by atoms with E-state index in [-0.39, 0.29) is 6.61 Å². The number of primary amides is 1. The smallest absolute Gasteiger partial charge is 0.255 e. The zero-order valence-corrected chi connectivity index (χ0v) is 16.7. The van der Waals surface area contributed by atoms with Gasteiger partial charge in [0.2, 0.25) is 0 Å². The molecule has 0 aliphatic carbocycles. The van der Waals surface area contributed by atoms with Crippen molar-refractivity contribution in [3.63, 3.8) is 0 Å². The number of rotatable bonds is 10. The molecule has 0 aliphatic rings. The van der Waals surface area contributed by atoms with Crippen LogP contribution in [0.3, 0.4) is 0 Å². The van der Waals surface area contributed by atoms with Gasteiger partial charge in [-0.2, -0.15) is 0 Å². The topological polar surface area (TPSA) is 115 Å². The molecule has 0 unspecified atom stereocenters. The van der Waals surface area contributed by atoms with E-state index in [9.17, 15) is 4.79 Å². The SMILES string of the molecule is CCC(CC)c1cc(CNC(=NC)NCc2cccc(OCC(N)=O)c2)on1. The van der Waals surface area contributed by atoms with Gasteiger partial charge < -0.3 is 25.6 Å². The molecule has 4 N–H and O–H groups in total. The first-order valence-electron chi connectivity index (χ1n) is 9.45. The summed E-state index contributed by atoms with van der Waals surface area (Å²) in [4.78, 5) is 15.0. The molecule has 0 atom stereocenters. The van der Waals surface area contributed by atoms with Gasteiger partial charge in [-0.25, -0.2) is 0 Å². The molecule has 2 rings (SSSR count). The molecule has 0 saturated heterocycles. The number of nitrogens with zero attached hydrogens (tertiary/aromatic N) is 2. The standard InChI is InChI=1S/C20H29N5O3/c1-4-15(5-2)18-10-17(28-25-18)12-24-20(22-3)23-11-14-7-6-8-16(9-14)27-13-19(21)26/h6-10,15H,4-5,11-13H2,1-3H3,(H2,21,26)(H2,22,23,24). The molecule has 8 heteroatoms. The van der Waals surface area contributed by atoms with Gasteiger partial charge in [-0.3, -0.25) is 9.79 Å². The van der Waals surface area contributed by atoms with Gasteiger partial charge in [0.15, 0.2) is 18.3 Å². The maximum atomic E-state index is 10.8. The van der Waals surface area contributed by atoms with Crippen LogP contribution in [0.15, 0.2) is 39.8 Å². The second-order valence-electron chi connectivity index (χ2n) is 6.41. The first kappa shape index (κ1) is 21.3.